The van der Waals surface area contributed by atoms with Crippen LogP contribution < -0.4 is 20.3 Å². The molecule has 3 fully saturated rings. The fourth-order valence-corrected chi connectivity index (χ4v) is 4.60. The highest BCUT2D eigenvalue weighted by Gasteiger charge is 2.41. The van der Waals surface area contributed by atoms with Crippen molar-refractivity contribution in [3.05, 3.63) is 41.4 Å². The van der Waals surface area contributed by atoms with Crippen molar-refractivity contribution in [3.8, 4) is 5.75 Å². The van der Waals surface area contributed by atoms with Gasteiger partial charge in [0.1, 0.15) is 34.0 Å². The highest BCUT2D eigenvalue weighted by atomic mass is 35.5. The third-order valence-electron chi connectivity index (χ3n) is 6.43. The quantitative estimate of drug-likeness (QED) is 0.620. The summed E-state index contributed by atoms with van der Waals surface area (Å²) in [4.78, 5) is 15.8. The van der Waals surface area contributed by atoms with Crippen LogP contribution in [-0.2, 0) is 0 Å². The third-order valence-corrected chi connectivity index (χ3v) is 6.78. The fraction of sp³-hybridized carbons (Fsp3) is 0.409. The summed E-state index contributed by atoms with van der Waals surface area (Å²) in [5.74, 6) is 1.11. The van der Waals surface area contributed by atoms with Gasteiger partial charge in [-0.15, -0.1) is 0 Å². The molecule has 1 aliphatic carbocycles. The highest BCUT2D eigenvalue weighted by Crippen LogP contribution is 2.43. The molecule has 4 heterocycles. The zero-order chi connectivity index (χ0) is 21.2. The summed E-state index contributed by atoms with van der Waals surface area (Å²) in [6.45, 7) is 3.90. The predicted octanol–water partition coefficient (Wildman–Crippen LogP) is 4.04. The van der Waals surface area contributed by atoms with E-state index in [2.05, 4.69) is 25.5 Å². The van der Waals surface area contributed by atoms with Crippen LogP contribution in [0.25, 0.3) is 11.0 Å². The van der Waals surface area contributed by atoms with E-state index in [9.17, 15) is 0 Å². The molecule has 31 heavy (non-hydrogen) atoms. The van der Waals surface area contributed by atoms with Crippen LogP contribution in [0.5, 0.6) is 5.75 Å². The van der Waals surface area contributed by atoms with E-state index in [-0.39, 0.29) is 16.3 Å². The van der Waals surface area contributed by atoms with Crippen LogP contribution in [0.15, 0.2) is 30.6 Å². The Labute approximate surface area is 184 Å². The van der Waals surface area contributed by atoms with Crippen molar-refractivity contribution in [3.63, 3.8) is 0 Å². The summed E-state index contributed by atoms with van der Waals surface area (Å²) in [6.07, 6.45) is 4.47. The summed E-state index contributed by atoms with van der Waals surface area (Å²) in [7, 11) is 0. The Morgan fingerprint density at radius 1 is 1.26 bits per heavy atom. The molecule has 2 N–H and O–H groups in total. The molecule has 0 unspecified atom stereocenters. The number of piperazine rings is 1. The molecular weight excluding hydrogens is 419 g/mol. The van der Waals surface area contributed by atoms with Gasteiger partial charge >= 0.3 is 0 Å². The molecule has 3 aromatic rings. The Bertz CT molecular complexity index is 1190. The van der Waals surface area contributed by atoms with Gasteiger partial charge in [0.2, 0.25) is 0 Å². The second kappa shape index (κ2) is 6.90. The topological polar surface area (TPSA) is 75.2 Å². The van der Waals surface area contributed by atoms with Crippen molar-refractivity contribution in [2.75, 3.05) is 23.3 Å². The van der Waals surface area contributed by atoms with E-state index in [1.54, 1.807) is 12.1 Å². The van der Waals surface area contributed by atoms with Gasteiger partial charge in [0, 0.05) is 25.2 Å². The molecule has 2 aliphatic heterocycles. The Kier molecular flexibility index (Phi) is 4.23. The van der Waals surface area contributed by atoms with Crippen molar-refractivity contribution in [2.45, 2.75) is 43.9 Å². The van der Waals surface area contributed by atoms with Gasteiger partial charge in [0.15, 0.2) is 11.6 Å². The van der Waals surface area contributed by atoms with E-state index >= 15 is 4.39 Å². The zero-order valence-electron chi connectivity index (χ0n) is 17.0. The minimum atomic E-state index is -0.575. The summed E-state index contributed by atoms with van der Waals surface area (Å²) in [5, 5.41) is 6.52. The monoisotopic (exact) mass is 440 g/mol. The van der Waals surface area contributed by atoms with Gasteiger partial charge in [-0.05, 0) is 50.5 Å². The first kappa shape index (κ1) is 19.0. The van der Waals surface area contributed by atoms with E-state index in [0.29, 0.717) is 34.7 Å². The normalized spacial score (nSPS) is 23.4. The Morgan fingerprint density at radius 3 is 2.87 bits per heavy atom. The lowest BCUT2D eigenvalue weighted by atomic mass is 10.2. The first-order chi connectivity index (χ1) is 15.0. The Balaban J connectivity index is 1.33. The molecule has 3 aliphatic rings. The minimum absolute atomic E-state index is 0.0364. The molecule has 0 spiro atoms. The van der Waals surface area contributed by atoms with Crippen LogP contribution in [0, 0.1) is 5.82 Å². The van der Waals surface area contributed by atoms with Crippen LogP contribution >= 0.6 is 11.6 Å². The molecule has 2 saturated heterocycles. The van der Waals surface area contributed by atoms with Gasteiger partial charge in [-0.3, -0.25) is 0 Å². The second-order valence-corrected chi connectivity index (χ2v) is 9.20. The number of nitrogens with zero attached hydrogens (tertiary/aromatic N) is 4. The van der Waals surface area contributed by atoms with Gasteiger partial charge in [-0.2, -0.15) is 0 Å². The summed E-state index contributed by atoms with van der Waals surface area (Å²) < 4.78 is 20.9. The Hall–Kier alpha value is -2.71. The van der Waals surface area contributed by atoms with Crippen molar-refractivity contribution < 1.29 is 9.13 Å². The van der Waals surface area contributed by atoms with Gasteiger partial charge in [0.25, 0.3) is 0 Å². The SMILES string of the molecule is CC1(Oc2ccc(Nc3ncnc4ccc(N5C[C@@H]6C[C@H]5CN6)nc34)c(F)c2Cl)CC1. The molecule has 1 aromatic carbocycles. The minimum Gasteiger partial charge on any atom is -0.486 e. The first-order valence-electron chi connectivity index (χ1n) is 10.5. The summed E-state index contributed by atoms with van der Waals surface area (Å²) >= 11 is 6.26. The predicted molar refractivity (Wildman–Crippen MR) is 118 cm³/mol. The van der Waals surface area contributed by atoms with Crippen LogP contribution in [0.3, 0.4) is 0 Å². The molecular formula is C22H22ClFN6O. The van der Waals surface area contributed by atoms with Gasteiger partial charge in [-0.1, -0.05) is 11.6 Å². The number of aromatic nitrogens is 3. The molecule has 7 nitrogen and oxygen atoms in total. The second-order valence-electron chi connectivity index (χ2n) is 8.82. The zero-order valence-corrected chi connectivity index (χ0v) is 17.8. The van der Waals surface area contributed by atoms with Crippen LogP contribution in [0.1, 0.15) is 26.2 Å². The van der Waals surface area contributed by atoms with Crippen molar-refractivity contribution in [2.24, 2.45) is 0 Å². The molecule has 2 atom stereocenters. The number of nitrogens with one attached hydrogen (secondary N) is 2. The molecule has 9 heteroatoms. The number of rotatable bonds is 5. The van der Waals surface area contributed by atoms with E-state index in [0.717, 1.165) is 38.2 Å². The van der Waals surface area contributed by atoms with E-state index < -0.39 is 5.82 Å². The number of hydrogen-bond acceptors (Lipinski definition) is 7. The lowest BCUT2D eigenvalue weighted by Crippen LogP contribution is -2.44. The molecule has 0 radical (unpaired) electrons. The van der Waals surface area contributed by atoms with Gasteiger partial charge in [0.05, 0.1) is 11.2 Å². The van der Waals surface area contributed by atoms with Gasteiger partial charge in [-0.25, -0.2) is 19.3 Å². The lowest BCUT2D eigenvalue weighted by molar-refractivity contribution is 0.200. The third kappa shape index (κ3) is 3.34. The number of hydrogen-bond donors (Lipinski definition) is 2. The molecule has 2 bridgehead atoms. The number of anilines is 3. The maximum atomic E-state index is 15.0. The van der Waals surface area contributed by atoms with Crippen LogP contribution in [-0.4, -0.2) is 45.7 Å². The molecule has 160 valence electrons. The fourth-order valence-electron chi connectivity index (χ4n) is 4.40. The number of ether oxygens (including phenoxy) is 1. The average Bonchev–Trinajstić information content (AvgIpc) is 3.16. The average molecular weight is 441 g/mol. The van der Waals surface area contributed by atoms with Crippen molar-refractivity contribution in [1.82, 2.24) is 20.3 Å². The van der Waals surface area contributed by atoms with Gasteiger partial charge < -0.3 is 20.3 Å². The molecule has 0 amide bonds. The smallest absolute Gasteiger partial charge is 0.169 e. The number of halogens is 2. The first-order valence-corrected chi connectivity index (χ1v) is 10.9. The van der Waals surface area contributed by atoms with Crippen LogP contribution in [0.4, 0.5) is 21.7 Å². The summed E-state index contributed by atoms with van der Waals surface area (Å²) in [6, 6.07) is 8.19. The maximum absolute atomic E-state index is 15.0. The van der Waals surface area contributed by atoms with E-state index in [4.69, 9.17) is 21.3 Å². The number of benzene rings is 1. The molecule has 1 saturated carbocycles. The number of fused-ring (bicyclic) bond motifs is 3. The Morgan fingerprint density at radius 2 is 2.13 bits per heavy atom. The summed E-state index contributed by atoms with van der Waals surface area (Å²) in [5.41, 5.74) is 1.27. The van der Waals surface area contributed by atoms with Crippen molar-refractivity contribution in [1.29, 1.82) is 0 Å². The molecule has 6 rings (SSSR count). The lowest BCUT2D eigenvalue weighted by Gasteiger charge is -2.28. The molecule has 2 aromatic heterocycles. The maximum Gasteiger partial charge on any atom is 0.169 e. The largest absolute Gasteiger partial charge is 0.486 e. The standard InChI is InChI=1S/C22H22ClFN6O/c1-22(6-7-22)31-16-4-2-14(19(24)18(16)23)28-21-20-15(26-11-27-21)3-5-17(29-20)30-10-12-8-13(30)9-25-12/h2-5,11-13,25H,6-10H2,1H3,(H,26,27,28)/t12-,13-/m0/s1. The van der Waals surface area contributed by atoms with Crippen LogP contribution in [0.2, 0.25) is 5.02 Å². The van der Waals surface area contributed by atoms with E-state index in [1.165, 1.54) is 6.33 Å². The number of pyridine rings is 1. The van der Waals surface area contributed by atoms with Crippen molar-refractivity contribution >= 4 is 40.0 Å². The highest BCUT2D eigenvalue weighted by molar-refractivity contribution is 6.32. The van der Waals surface area contributed by atoms with E-state index in [1.807, 2.05) is 19.1 Å².